The third-order valence-electron chi connectivity index (χ3n) is 3.65. The van der Waals surface area contributed by atoms with Gasteiger partial charge in [-0.05, 0) is 35.4 Å². The lowest BCUT2D eigenvalue weighted by Crippen LogP contribution is -2.03. The first kappa shape index (κ1) is 21.1. The van der Waals surface area contributed by atoms with Crippen molar-refractivity contribution >= 4 is 47.8 Å². The monoisotopic (exact) mass is 465 g/mol. The minimum Gasteiger partial charge on any atom is -0.335 e. The van der Waals surface area contributed by atoms with Gasteiger partial charge in [0.15, 0.2) is 7.29 Å². The minimum atomic E-state index is -3.73. The van der Waals surface area contributed by atoms with E-state index in [1.807, 2.05) is 0 Å². The van der Waals surface area contributed by atoms with Gasteiger partial charge in [-0.15, -0.1) is 0 Å². The Morgan fingerprint density at radius 1 is 1.18 bits per heavy atom. The van der Waals surface area contributed by atoms with Crippen molar-refractivity contribution < 1.29 is 17.9 Å². The Hall–Kier alpha value is -1.66. The van der Waals surface area contributed by atoms with Crippen LogP contribution in [0.15, 0.2) is 47.0 Å². The molecule has 0 fully saturated rings. The number of nitrogens with one attached hydrogen (secondary N) is 1. The standard InChI is InChI=1S/C17H13Cl3F2N3O2P/c1-28(26,25-14-7-6-12(18)8-13(14)19)9-10-2-4-11(5-3-10)15-23-16(27-24-15)17(20,21)22/h2-8H,9H2,1H3,(H,25,26). The first-order valence-electron chi connectivity index (χ1n) is 7.84. The van der Waals surface area contributed by atoms with Gasteiger partial charge in [-0.3, -0.25) is 0 Å². The summed E-state index contributed by atoms with van der Waals surface area (Å²) in [6.45, 7) is 1.60. The van der Waals surface area contributed by atoms with Gasteiger partial charge in [0.25, 0.3) is 0 Å². The molecule has 0 aliphatic carbocycles. The van der Waals surface area contributed by atoms with Crippen molar-refractivity contribution in [3.8, 4) is 11.4 Å². The third-order valence-corrected chi connectivity index (χ3v) is 6.05. The van der Waals surface area contributed by atoms with Gasteiger partial charge in [-0.2, -0.15) is 13.8 Å². The summed E-state index contributed by atoms with van der Waals surface area (Å²) in [7, 11) is -2.83. The van der Waals surface area contributed by atoms with Gasteiger partial charge < -0.3 is 14.2 Å². The molecule has 28 heavy (non-hydrogen) atoms. The zero-order chi connectivity index (χ0) is 20.5. The van der Waals surface area contributed by atoms with Crippen molar-refractivity contribution in [2.75, 3.05) is 11.8 Å². The van der Waals surface area contributed by atoms with Crippen LogP contribution in [0.1, 0.15) is 11.5 Å². The summed E-state index contributed by atoms with van der Waals surface area (Å²) >= 11 is 16.8. The summed E-state index contributed by atoms with van der Waals surface area (Å²) < 4.78 is 43.3. The second-order valence-electron chi connectivity index (χ2n) is 6.11. The van der Waals surface area contributed by atoms with Gasteiger partial charge in [0.2, 0.25) is 5.82 Å². The zero-order valence-electron chi connectivity index (χ0n) is 14.3. The van der Waals surface area contributed by atoms with E-state index in [4.69, 9.17) is 34.8 Å². The largest absolute Gasteiger partial charge is 0.400 e. The van der Waals surface area contributed by atoms with E-state index < -0.39 is 18.6 Å². The molecule has 3 rings (SSSR count). The number of aromatic nitrogens is 2. The molecule has 1 unspecified atom stereocenters. The molecule has 148 valence electrons. The second-order valence-corrected chi connectivity index (χ2v) is 10.2. The Labute approximate surface area is 174 Å². The Morgan fingerprint density at radius 3 is 2.43 bits per heavy atom. The molecule has 1 atom stereocenters. The lowest BCUT2D eigenvalue weighted by molar-refractivity contribution is 0.0551. The van der Waals surface area contributed by atoms with Crippen LogP contribution < -0.4 is 5.09 Å². The zero-order valence-corrected chi connectivity index (χ0v) is 17.5. The molecule has 0 bridgehead atoms. The van der Waals surface area contributed by atoms with Gasteiger partial charge in [-0.25, -0.2) is 0 Å². The average Bonchev–Trinajstić information content (AvgIpc) is 3.08. The fourth-order valence-corrected chi connectivity index (χ4v) is 4.73. The van der Waals surface area contributed by atoms with Gasteiger partial charge in [0.1, 0.15) is 0 Å². The molecule has 0 aliphatic heterocycles. The van der Waals surface area contributed by atoms with E-state index in [9.17, 15) is 13.3 Å². The molecule has 1 heterocycles. The Morgan fingerprint density at radius 2 is 1.86 bits per heavy atom. The molecule has 1 aromatic heterocycles. The molecular weight excluding hydrogens is 454 g/mol. The number of alkyl halides is 3. The van der Waals surface area contributed by atoms with Crippen molar-refractivity contribution in [2.45, 2.75) is 11.5 Å². The topological polar surface area (TPSA) is 68.0 Å². The molecule has 0 aliphatic rings. The lowest BCUT2D eigenvalue weighted by Gasteiger charge is -2.17. The Bertz CT molecular complexity index is 1040. The summed E-state index contributed by atoms with van der Waals surface area (Å²) in [5.74, 6) is -0.997. The first-order valence-corrected chi connectivity index (χ1v) is 11.3. The summed E-state index contributed by atoms with van der Waals surface area (Å²) in [6, 6.07) is 11.5. The molecule has 5 nitrogen and oxygen atoms in total. The van der Waals surface area contributed by atoms with E-state index in [1.54, 1.807) is 49.1 Å². The molecule has 0 radical (unpaired) electrons. The summed E-state index contributed by atoms with van der Waals surface area (Å²) in [5, 5.41) is 3.56. The van der Waals surface area contributed by atoms with E-state index >= 15 is 0 Å². The molecule has 11 heteroatoms. The van der Waals surface area contributed by atoms with Crippen LogP contribution in [-0.2, 0) is 16.1 Å². The normalized spacial score (nSPS) is 13.9. The quantitative estimate of drug-likeness (QED) is 0.318. The van der Waals surface area contributed by atoms with Gasteiger partial charge in [0, 0.05) is 23.4 Å². The van der Waals surface area contributed by atoms with Crippen LogP contribution >= 0.6 is 42.1 Å². The molecule has 1 N–H and O–H groups in total. The molecule has 0 saturated heterocycles. The second kappa shape index (κ2) is 7.99. The number of rotatable bonds is 6. The minimum absolute atomic E-state index is 0.0207. The van der Waals surface area contributed by atoms with E-state index in [0.717, 1.165) is 5.56 Å². The maximum Gasteiger partial charge on any atom is 0.400 e. The summed E-state index contributed by atoms with van der Waals surface area (Å²) in [4.78, 5) is 3.58. The molecule has 0 amide bonds. The van der Waals surface area contributed by atoms with Crippen LogP contribution in [-0.4, -0.2) is 16.8 Å². The van der Waals surface area contributed by atoms with Gasteiger partial charge in [0.05, 0.1) is 10.7 Å². The number of anilines is 1. The Balaban J connectivity index is 1.72. The number of hydrogen-bond acceptors (Lipinski definition) is 4. The SMILES string of the molecule is CP(=O)(Cc1ccc(-c2noc(C(F)(F)Cl)n2)cc1)Nc1ccc(Cl)cc1Cl. The van der Waals surface area contributed by atoms with Crippen molar-refractivity contribution in [1.29, 1.82) is 0 Å². The predicted molar refractivity (Wildman–Crippen MR) is 107 cm³/mol. The number of benzene rings is 2. The van der Waals surface area contributed by atoms with Crippen molar-refractivity contribution in [3.05, 3.63) is 64.0 Å². The van der Waals surface area contributed by atoms with Crippen LogP contribution in [0.3, 0.4) is 0 Å². The number of nitrogens with zero attached hydrogens (tertiary/aromatic N) is 2. The maximum atomic E-state index is 13.0. The van der Waals surface area contributed by atoms with E-state index in [-0.39, 0.29) is 12.0 Å². The lowest BCUT2D eigenvalue weighted by atomic mass is 10.1. The van der Waals surface area contributed by atoms with Crippen LogP contribution in [0, 0.1) is 0 Å². The highest BCUT2D eigenvalue weighted by atomic mass is 35.5. The van der Waals surface area contributed by atoms with Crippen LogP contribution in [0.25, 0.3) is 11.4 Å². The smallest absolute Gasteiger partial charge is 0.335 e. The molecule has 3 aromatic rings. The van der Waals surface area contributed by atoms with Crippen molar-refractivity contribution in [2.24, 2.45) is 0 Å². The van der Waals surface area contributed by atoms with Crippen LogP contribution in [0.2, 0.25) is 10.0 Å². The predicted octanol–water partition coefficient (Wildman–Crippen LogP) is 6.85. The average molecular weight is 467 g/mol. The van der Waals surface area contributed by atoms with E-state index in [0.29, 0.717) is 21.3 Å². The summed E-state index contributed by atoms with van der Waals surface area (Å²) in [6.07, 6.45) is 0.240. The molecule has 2 aromatic carbocycles. The Kier molecular flexibility index (Phi) is 6.01. The van der Waals surface area contributed by atoms with Crippen LogP contribution in [0.4, 0.5) is 14.5 Å². The molecular formula is C17H13Cl3F2N3O2P. The summed E-state index contributed by atoms with van der Waals surface area (Å²) in [5.41, 5.74) is 1.74. The maximum absolute atomic E-state index is 13.0. The van der Waals surface area contributed by atoms with Crippen molar-refractivity contribution in [1.82, 2.24) is 10.1 Å². The molecule has 0 spiro atoms. The number of hydrogen-bond donors (Lipinski definition) is 1. The van der Waals surface area contributed by atoms with Gasteiger partial charge in [-0.1, -0.05) is 52.6 Å². The van der Waals surface area contributed by atoms with Crippen molar-refractivity contribution in [3.63, 3.8) is 0 Å². The highest BCUT2D eigenvalue weighted by molar-refractivity contribution is 7.63. The van der Waals surface area contributed by atoms with E-state index in [2.05, 4.69) is 19.8 Å². The number of halogens is 5. The fraction of sp³-hybridized carbons (Fsp3) is 0.176. The fourth-order valence-electron chi connectivity index (χ4n) is 2.44. The van der Waals surface area contributed by atoms with E-state index in [1.165, 1.54) is 0 Å². The van der Waals surface area contributed by atoms with Crippen LogP contribution in [0.5, 0.6) is 0 Å². The van der Waals surface area contributed by atoms with Gasteiger partial charge >= 0.3 is 11.3 Å². The highest BCUT2D eigenvalue weighted by Gasteiger charge is 2.35. The highest BCUT2D eigenvalue weighted by Crippen LogP contribution is 2.46. The third kappa shape index (κ3) is 5.23. The molecule has 0 saturated carbocycles. The first-order chi connectivity index (χ1) is 13.0.